The summed E-state index contributed by atoms with van der Waals surface area (Å²) in [6, 6.07) is 12.5. The summed E-state index contributed by atoms with van der Waals surface area (Å²) >= 11 is 0. The molecule has 5 rings (SSSR count). The van der Waals surface area contributed by atoms with Crippen molar-refractivity contribution in [1.82, 2.24) is 19.5 Å². The molecule has 1 amide bonds. The summed E-state index contributed by atoms with van der Waals surface area (Å²) in [5.74, 6) is -0.627. The van der Waals surface area contributed by atoms with Gasteiger partial charge in [0.05, 0.1) is 16.1 Å². The average molecular weight is 570 g/mol. The number of rotatable bonds is 8. The number of sulfonamides is 1. The third kappa shape index (κ3) is 6.06. The maximum absolute atomic E-state index is 14.1. The number of pyridine rings is 1. The lowest BCUT2D eigenvalue weighted by atomic mass is 10.1. The molecule has 2 N–H and O–H groups in total. The number of hydrogen-bond acceptors (Lipinski definition) is 6. The highest BCUT2D eigenvalue weighted by molar-refractivity contribution is 7.89. The Balaban J connectivity index is 1.21. The quantitative estimate of drug-likeness (QED) is 0.404. The zero-order valence-corrected chi connectivity index (χ0v) is 23.6. The number of nitrogens with one attached hydrogen (secondary N) is 2. The molecule has 3 heterocycles. The molecule has 0 spiro atoms. The second-order valence-electron chi connectivity index (χ2n) is 10.6. The second-order valence-corrected chi connectivity index (χ2v) is 12.5. The van der Waals surface area contributed by atoms with E-state index in [1.165, 1.54) is 28.6 Å². The van der Waals surface area contributed by atoms with E-state index < -0.39 is 21.5 Å². The number of para-hydroxylation sites is 1. The molecule has 2 aliphatic rings. The molecule has 1 aromatic heterocycles. The van der Waals surface area contributed by atoms with Gasteiger partial charge in [0.15, 0.2) is 0 Å². The van der Waals surface area contributed by atoms with Crippen molar-refractivity contribution in [2.24, 2.45) is 0 Å². The van der Waals surface area contributed by atoms with Crippen LogP contribution >= 0.6 is 0 Å². The average Bonchev–Trinajstić information content (AvgIpc) is 2.95. The number of aromatic amines is 1. The highest BCUT2D eigenvalue weighted by Crippen LogP contribution is 2.28. The Bertz CT molecular complexity index is 1530. The van der Waals surface area contributed by atoms with Crippen LogP contribution in [-0.4, -0.2) is 80.4 Å². The molecular formula is C29H36FN5O4S. The van der Waals surface area contributed by atoms with Crippen LogP contribution in [0.3, 0.4) is 0 Å². The van der Waals surface area contributed by atoms with Crippen LogP contribution in [0.5, 0.6) is 0 Å². The summed E-state index contributed by atoms with van der Waals surface area (Å²) < 4.78 is 42.4. The van der Waals surface area contributed by atoms with E-state index in [2.05, 4.69) is 15.2 Å². The number of H-pyrrole nitrogens is 1. The van der Waals surface area contributed by atoms with Gasteiger partial charge >= 0.3 is 0 Å². The first-order valence-corrected chi connectivity index (χ1v) is 15.4. The minimum Gasteiger partial charge on any atom is -0.367 e. The van der Waals surface area contributed by atoms with Crippen LogP contribution in [0.25, 0.3) is 10.9 Å². The summed E-state index contributed by atoms with van der Waals surface area (Å²) in [5, 5.41) is 3.29. The molecule has 214 valence electrons. The molecule has 0 bridgehead atoms. The van der Waals surface area contributed by atoms with Crippen molar-refractivity contribution in [1.29, 1.82) is 0 Å². The molecule has 11 heteroatoms. The minimum atomic E-state index is -3.73. The topological polar surface area (TPSA) is 106 Å². The fourth-order valence-corrected chi connectivity index (χ4v) is 7.39. The van der Waals surface area contributed by atoms with Gasteiger partial charge < -0.3 is 15.2 Å². The van der Waals surface area contributed by atoms with Gasteiger partial charge in [-0.3, -0.25) is 14.5 Å². The monoisotopic (exact) mass is 569 g/mol. The third-order valence-corrected chi connectivity index (χ3v) is 9.92. The molecule has 0 radical (unpaired) electrons. The lowest BCUT2D eigenvalue weighted by Gasteiger charge is -2.36. The number of piperidine rings is 1. The van der Waals surface area contributed by atoms with E-state index in [1.807, 2.05) is 17.9 Å². The second kappa shape index (κ2) is 12.1. The maximum atomic E-state index is 14.1. The predicted molar refractivity (Wildman–Crippen MR) is 154 cm³/mol. The van der Waals surface area contributed by atoms with Crippen LogP contribution in [0.4, 0.5) is 10.1 Å². The van der Waals surface area contributed by atoms with Gasteiger partial charge in [-0.2, -0.15) is 4.31 Å². The van der Waals surface area contributed by atoms with E-state index in [0.717, 1.165) is 52.0 Å². The zero-order valence-electron chi connectivity index (χ0n) is 22.7. The lowest BCUT2D eigenvalue weighted by molar-refractivity contribution is 0.0953. The van der Waals surface area contributed by atoms with Crippen molar-refractivity contribution < 1.29 is 17.6 Å². The molecule has 2 aromatic carbocycles. The molecule has 2 aliphatic heterocycles. The summed E-state index contributed by atoms with van der Waals surface area (Å²) in [7, 11) is -3.73. The molecule has 40 heavy (non-hydrogen) atoms. The minimum absolute atomic E-state index is 0.0877. The standard InChI is InChI=1S/C29H36FN5O4S/c1-21-7-4-5-14-35(21)40(38,39)22-10-11-26-23(19-22)24(20-28(36)32-26)29(37)31-12-6-13-33-15-17-34(18-16-33)27-9-3-2-8-25(27)30/h2-3,8-11,19-21H,4-7,12-18H2,1H3,(H,31,37)(H,32,36)/t21-/m0/s1. The van der Waals surface area contributed by atoms with Crippen LogP contribution in [0.1, 0.15) is 43.0 Å². The number of benzene rings is 2. The molecule has 1 atom stereocenters. The van der Waals surface area contributed by atoms with Crippen LogP contribution in [0.15, 0.2) is 58.2 Å². The van der Waals surface area contributed by atoms with Crippen molar-refractivity contribution in [2.45, 2.75) is 43.5 Å². The first kappa shape index (κ1) is 28.3. The van der Waals surface area contributed by atoms with Crippen molar-refractivity contribution in [2.75, 3.05) is 50.7 Å². The number of nitrogens with zero attached hydrogens (tertiary/aromatic N) is 3. The number of hydrogen-bond donors (Lipinski definition) is 2. The largest absolute Gasteiger partial charge is 0.367 e. The Morgan fingerprint density at radius 1 is 1.05 bits per heavy atom. The predicted octanol–water partition coefficient (Wildman–Crippen LogP) is 3.17. The number of halogens is 1. The van der Waals surface area contributed by atoms with Gasteiger partial charge in [0.25, 0.3) is 5.91 Å². The lowest BCUT2D eigenvalue weighted by Crippen LogP contribution is -2.47. The molecule has 3 aromatic rings. The summed E-state index contributed by atoms with van der Waals surface area (Å²) in [6.07, 6.45) is 3.34. The van der Waals surface area contributed by atoms with Gasteiger partial charge in [0.1, 0.15) is 5.82 Å². The number of carbonyl (C=O) groups excluding carboxylic acids is 1. The molecule has 0 saturated carbocycles. The van der Waals surface area contributed by atoms with Gasteiger partial charge in [0.2, 0.25) is 15.6 Å². The van der Waals surface area contributed by atoms with Crippen LogP contribution in [0.2, 0.25) is 0 Å². The fraction of sp³-hybridized carbons (Fsp3) is 0.448. The number of fused-ring (bicyclic) bond motifs is 1. The molecule has 2 fully saturated rings. The maximum Gasteiger partial charge on any atom is 0.252 e. The van der Waals surface area contributed by atoms with Crippen molar-refractivity contribution in [3.63, 3.8) is 0 Å². The van der Waals surface area contributed by atoms with Crippen LogP contribution in [-0.2, 0) is 10.0 Å². The molecule has 9 nitrogen and oxygen atoms in total. The van der Waals surface area contributed by atoms with Gasteiger partial charge in [0, 0.05) is 62.3 Å². The van der Waals surface area contributed by atoms with Gasteiger partial charge in [-0.15, -0.1) is 0 Å². The highest BCUT2D eigenvalue weighted by Gasteiger charge is 2.31. The Labute approximate surface area is 234 Å². The normalized spacial score (nSPS) is 19.1. The first-order valence-electron chi connectivity index (χ1n) is 13.9. The zero-order chi connectivity index (χ0) is 28.3. The Kier molecular flexibility index (Phi) is 8.53. The van der Waals surface area contributed by atoms with Gasteiger partial charge in [-0.25, -0.2) is 12.8 Å². The van der Waals surface area contributed by atoms with Crippen molar-refractivity contribution >= 4 is 32.5 Å². The molecule has 0 unspecified atom stereocenters. The van der Waals surface area contributed by atoms with Crippen molar-refractivity contribution in [3.05, 3.63) is 70.3 Å². The molecule has 2 saturated heterocycles. The van der Waals surface area contributed by atoms with E-state index in [1.54, 1.807) is 18.2 Å². The van der Waals surface area contributed by atoms with E-state index in [9.17, 15) is 22.4 Å². The van der Waals surface area contributed by atoms with Crippen LogP contribution < -0.4 is 15.8 Å². The first-order chi connectivity index (χ1) is 19.2. The van der Waals surface area contributed by atoms with E-state index in [-0.39, 0.29) is 22.3 Å². The number of amides is 1. The molecular weight excluding hydrogens is 533 g/mol. The number of carbonyl (C=O) groups is 1. The summed E-state index contributed by atoms with van der Waals surface area (Å²) in [4.78, 5) is 32.5. The number of aromatic nitrogens is 1. The van der Waals surface area contributed by atoms with E-state index in [4.69, 9.17) is 0 Å². The number of anilines is 1. The molecule has 0 aliphatic carbocycles. The Morgan fingerprint density at radius 2 is 1.82 bits per heavy atom. The van der Waals surface area contributed by atoms with Gasteiger partial charge in [-0.05, 0) is 63.1 Å². The van der Waals surface area contributed by atoms with E-state index in [0.29, 0.717) is 36.1 Å². The Morgan fingerprint density at radius 3 is 2.58 bits per heavy atom. The Hall–Kier alpha value is -3.28. The SMILES string of the molecule is C[C@H]1CCCCN1S(=O)(=O)c1ccc2[nH]c(=O)cc(C(=O)NCCCN3CCN(c4ccccc4F)CC3)c2c1. The number of piperazine rings is 1. The summed E-state index contributed by atoms with van der Waals surface area (Å²) in [6.45, 7) is 6.63. The van der Waals surface area contributed by atoms with Crippen LogP contribution in [0, 0.1) is 5.82 Å². The van der Waals surface area contributed by atoms with Gasteiger partial charge in [-0.1, -0.05) is 18.6 Å². The highest BCUT2D eigenvalue weighted by atomic mass is 32.2. The van der Waals surface area contributed by atoms with E-state index >= 15 is 0 Å². The summed E-state index contributed by atoms with van der Waals surface area (Å²) in [5.41, 5.74) is 0.767. The van der Waals surface area contributed by atoms with Crippen molar-refractivity contribution in [3.8, 4) is 0 Å². The third-order valence-electron chi connectivity index (χ3n) is 7.91. The fourth-order valence-electron chi connectivity index (χ4n) is 5.67. The smallest absolute Gasteiger partial charge is 0.252 e.